The molecule has 0 fully saturated rings. The first kappa shape index (κ1) is 15.8. The Balaban J connectivity index is 2.05. The van der Waals surface area contributed by atoms with Crippen LogP contribution in [-0.4, -0.2) is 42.4 Å². The molecule has 2 aromatic rings. The van der Waals surface area contributed by atoms with Crippen molar-refractivity contribution in [3.8, 4) is 5.75 Å². The number of benzene rings is 1. The third-order valence-corrected chi connectivity index (χ3v) is 5.46. The highest BCUT2D eigenvalue weighted by Crippen LogP contribution is 2.41. The number of rotatable bonds is 3. The van der Waals surface area contributed by atoms with Crippen molar-refractivity contribution in [1.29, 1.82) is 0 Å². The lowest BCUT2D eigenvalue weighted by Gasteiger charge is -2.25. The summed E-state index contributed by atoms with van der Waals surface area (Å²) in [5, 5.41) is 0. The molecule has 0 saturated heterocycles. The Morgan fingerprint density at radius 3 is 2.87 bits per heavy atom. The van der Waals surface area contributed by atoms with Gasteiger partial charge in [-0.2, -0.15) is 12.7 Å². The first-order chi connectivity index (χ1) is 10.8. The second-order valence-electron chi connectivity index (χ2n) is 5.52. The number of nitrogens with two attached hydrogens (primary N) is 1. The van der Waals surface area contributed by atoms with Crippen LogP contribution in [0.4, 0.5) is 10.1 Å². The fourth-order valence-corrected chi connectivity index (χ4v) is 3.40. The van der Waals surface area contributed by atoms with Crippen LogP contribution in [0.15, 0.2) is 24.7 Å². The van der Waals surface area contributed by atoms with Crippen molar-refractivity contribution in [2.24, 2.45) is 0 Å². The van der Waals surface area contributed by atoms with Gasteiger partial charge in [0.2, 0.25) is 0 Å². The zero-order valence-electron chi connectivity index (χ0n) is 12.7. The molecule has 0 aliphatic carbocycles. The summed E-state index contributed by atoms with van der Waals surface area (Å²) in [5.74, 6) is -0.292. The highest BCUT2D eigenvalue weighted by Gasteiger charge is 2.28. The lowest BCUT2D eigenvalue weighted by molar-refractivity contribution is 0.277. The molecule has 1 aromatic carbocycles. The van der Waals surface area contributed by atoms with E-state index in [2.05, 4.69) is 4.98 Å². The van der Waals surface area contributed by atoms with Crippen molar-refractivity contribution in [3.63, 3.8) is 0 Å². The van der Waals surface area contributed by atoms with E-state index < -0.39 is 16.0 Å². The fourth-order valence-electron chi connectivity index (χ4n) is 2.62. The van der Waals surface area contributed by atoms with Crippen molar-refractivity contribution < 1.29 is 17.5 Å². The predicted molar refractivity (Wildman–Crippen MR) is 83.0 cm³/mol. The van der Waals surface area contributed by atoms with Gasteiger partial charge in [0.05, 0.1) is 18.0 Å². The number of ether oxygens (including phenoxy) is 1. The van der Waals surface area contributed by atoms with E-state index in [0.29, 0.717) is 30.0 Å². The van der Waals surface area contributed by atoms with Gasteiger partial charge in [0.1, 0.15) is 17.9 Å². The molecule has 2 N–H and O–H groups in total. The third-order valence-electron chi connectivity index (χ3n) is 3.80. The summed E-state index contributed by atoms with van der Waals surface area (Å²) < 4.78 is 45.6. The summed E-state index contributed by atoms with van der Waals surface area (Å²) in [6, 6.07) is 2.56. The molecule has 3 rings (SSSR count). The second kappa shape index (κ2) is 5.50. The van der Waals surface area contributed by atoms with E-state index in [9.17, 15) is 12.8 Å². The molecule has 0 saturated carbocycles. The quantitative estimate of drug-likeness (QED) is 0.847. The summed E-state index contributed by atoms with van der Waals surface area (Å²) in [5.41, 5.74) is 7.15. The zero-order chi connectivity index (χ0) is 16.8. The number of anilines is 1. The summed E-state index contributed by atoms with van der Waals surface area (Å²) in [6.45, 7) is 0.404. The molecule has 124 valence electrons. The van der Waals surface area contributed by atoms with Crippen molar-refractivity contribution >= 4 is 15.9 Å². The normalized spacial score (nSPS) is 17.8. The number of aromatic nitrogens is 2. The molecule has 1 atom stereocenters. The summed E-state index contributed by atoms with van der Waals surface area (Å²) >= 11 is 0. The molecule has 2 heterocycles. The molecule has 1 aliphatic heterocycles. The Morgan fingerprint density at radius 2 is 2.17 bits per heavy atom. The molecule has 1 unspecified atom stereocenters. The van der Waals surface area contributed by atoms with Crippen LogP contribution in [0.25, 0.3) is 0 Å². The van der Waals surface area contributed by atoms with Crippen LogP contribution in [0.5, 0.6) is 5.75 Å². The first-order valence-electron chi connectivity index (χ1n) is 6.99. The SMILES string of the molecule is CN(C)S(=O)(=O)n1cnc(C2CCOc3c(N)cc(F)cc32)c1. The van der Waals surface area contributed by atoms with Crippen LogP contribution in [0.2, 0.25) is 0 Å². The van der Waals surface area contributed by atoms with Gasteiger partial charge in [-0.3, -0.25) is 0 Å². The second-order valence-corrected chi connectivity index (χ2v) is 7.57. The highest BCUT2D eigenvalue weighted by atomic mass is 32.2. The highest BCUT2D eigenvalue weighted by molar-refractivity contribution is 7.87. The largest absolute Gasteiger partial charge is 0.491 e. The first-order valence-corrected chi connectivity index (χ1v) is 8.39. The number of fused-ring (bicyclic) bond motifs is 1. The zero-order valence-corrected chi connectivity index (χ0v) is 13.5. The average Bonchev–Trinajstić information content (AvgIpc) is 2.96. The van der Waals surface area contributed by atoms with Gasteiger partial charge in [-0.05, 0) is 12.5 Å². The van der Waals surface area contributed by atoms with Gasteiger partial charge in [-0.25, -0.2) is 13.3 Å². The Kier molecular flexibility index (Phi) is 3.77. The Labute approximate surface area is 133 Å². The molecule has 9 heteroatoms. The monoisotopic (exact) mass is 340 g/mol. The molecule has 0 amide bonds. The molecule has 0 bridgehead atoms. The summed E-state index contributed by atoms with van der Waals surface area (Å²) in [6.07, 6.45) is 3.24. The summed E-state index contributed by atoms with van der Waals surface area (Å²) in [7, 11) is -0.752. The van der Waals surface area contributed by atoms with Crippen LogP contribution in [0.3, 0.4) is 0 Å². The van der Waals surface area contributed by atoms with Crippen LogP contribution in [0, 0.1) is 5.82 Å². The number of nitrogens with zero attached hydrogens (tertiary/aromatic N) is 3. The van der Waals surface area contributed by atoms with Crippen LogP contribution in [-0.2, 0) is 10.2 Å². The number of hydrogen-bond acceptors (Lipinski definition) is 5. The van der Waals surface area contributed by atoms with Crippen LogP contribution >= 0.6 is 0 Å². The smallest absolute Gasteiger partial charge is 0.308 e. The fraction of sp³-hybridized carbons (Fsp3) is 0.357. The van der Waals surface area contributed by atoms with Gasteiger partial charge in [-0.1, -0.05) is 0 Å². The van der Waals surface area contributed by atoms with Gasteiger partial charge < -0.3 is 10.5 Å². The molecule has 7 nitrogen and oxygen atoms in total. The van der Waals surface area contributed by atoms with Crippen molar-refractivity contribution in [1.82, 2.24) is 13.3 Å². The standard InChI is InChI=1S/C14H17FN4O3S/c1-18(2)23(20,21)19-7-13(17-8-19)10-3-4-22-14-11(10)5-9(15)6-12(14)16/h5-8,10H,3-4,16H2,1-2H3. The van der Waals surface area contributed by atoms with E-state index in [1.54, 1.807) is 0 Å². The number of nitrogen functional groups attached to an aromatic ring is 1. The van der Waals surface area contributed by atoms with Gasteiger partial charge in [0.15, 0.2) is 0 Å². The molecular formula is C14H17FN4O3S. The third kappa shape index (κ3) is 2.66. The van der Waals surface area contributed by atoms with E-state index in [1.807, 2.05) is 0 Å². The number of halogens is 1. The van der Waals surface area contributed by atoms with Crippen LogP contribution < -0.4 is 10.5 Å². The summed E-state index contributed by atoms with van der Waals surface area (Å²) in [4.78, 5) is 4.19. The molecule has 1 aliphatic rings. The Bertz CT molecular complexity index is 848. The average molecular weight is 340 g/mol. The van der Waals surface area contributed by atoms with Crippen LogP contribution in [0.1, 0.15) is 23.6 Å². The maximum atomic E-state index is 13.7. The maximum absolute atomic E-state index is 13.7. The van der Waals surface area contributed by atoms with Gasteiger partial charge in [0, 0.05) is 37.8 Å². The topological polar surface area (TPSA) is 90.5 Å². The minimum absolute atomic E-state index is 0.227. The minimum Gasteiger partial charge on any atom is -0.491 e. The Hall–Kier alpha value is -2.13. The van der Waals surface area contributed by atoms with Gasteiger partial charge >= 0.3 is 10.2 Å². The van der Waals surface area contributed by atoms with E-state index >= 15 is 0 Å². The number of imidazole rings is 1. The van der Waals surface area contributed by atoms with E-state index in [1.165, 1.54) is 38.8 Å². The molecule has 23 heavy (non-hydrogen) atoms. The van der Waals surface area contributed by atoms with Gasteiger partial charge in [-0.15, -0.1) is 0 Å². The van der Waals surface area contributed by atoms with E-state index in [0.717, 1.165) is 8.28 Å². The lowest BCUT2D eigenvalue weighted by atomic mass is 9.90. The van der Waals surface area contributed by atoms with E-state index in [-0.39, 0.29) is 11.6 Å². The van der Waals surface area contributed by atoms with Crippen molar-refractivity contribution in [2.45, 2.75) is 12.3 Å². The predicted octanol–water partition coefficient (Wildman–Crippen LogP) is 1.17. The van der Waals surface area contributed by atoms with Gasteiger partial charge in [0.25, 0.3) is 0 Å². The minimum atomic E-state index is -3.63. The molecule has 1 aromatic heterocycles. The van der Waals surface area contributed by atoms with E-state index in [4.69, 9.17) is 10.5 Å². The van der Waals surface area contributed by atoms with Crippen molar-refractivity contribution in [3.05, 3.63) is 41.7 Å². The molecule has 0 radical (unpaired) electrons. The van der Waals surface area contributed by atoms with Crippen molar-refractivity contribution in [2.75, 3.05) is 26.4 Å². The molecule has 0 spiro atoms. The lowest BCUT2D eigenvalue weighted by Crippen LogP contribution is -2.27. The maximum Gasteiger partial charge on any atom is 0.308 e. The Morgan fingerprint density at radius 1 is 1.43 bits per heavy atom. The molecular weight excluding hydrogens is 323 g/mol. The number of hydrogen-bond donors (Lipinski definition) is 1.